The Bertz CT molecular complexity index is 803. The summed E-state index contributed by atoms with van der Waals surface area (Å²) in [6.07, 6.45) is 0. The van der Waals surface area contributed by atoms with Crippen LogP contribution in [-0.2, 0) is 0 Å². The maximum atomic E-state index is 12.1. The van der Waals surface area contributed by atoms with Gasteiger partial charge in [0.1, 0.15) is 0 Å². The predicted octanol–water partition coefficient (Wildman–Crippen LogP) is 4.16. The lowest BCUT2D eigenvalue weighted by Crippen LogP contribution is -2.02. The van der Waals surface area contributed by atoms with Gasteiger partial charge in [-0.05, 0) is 30.7 Å². The van der Waals surface area contributed by atoms with Crippen molar-refractivity contribution in [2.75, 3.05) is 0 Å². The lowest BCUT2D eigenvalue weighted by atomic mass is 10.1. The minimum atomic E-state index is -0.0215. The number of pyridine rings is 1. The van der Waals surface area contributed by atoms with Crippen molar-refractivity contribution in [2.24, 2.45) is 0 Å². The van der Waals surface area contributed by atoms with E-state index < -0.39 is 0 Å². The van der Waals surface area contributed by atoms with Gasteiger partial charge < -0.3 is 4.98 Å². The van der Waals surface area contributed by atoms with Gasteiger partial charge in [0.25, 0.3) is 0 Å². The fraction of sp³-hybridized carbons (Fsp3) is 0.0625. The Kier molecular flexibility index (Phi) is 2.88. The van der Waals surface area contributed by atoms with E-state index >= 15 is 0 Å². The summed E-state index contributed by atoms with van der Waals surface area (Å²) in [5.41, 5.74) is 3.79. The highest BCUT2D eigenvalue weighted by molar-refractivity contribution is 6.31. The molecular weight excluding hydrogens is 258 g/mol. The number of aryl methyl sites for hydroxylation is 1. The summed E-state index contributed by atoms with van der Waals surface area (Å²) in [4.78, 5) is 15.4. The number of rotatable bonds is 1. The van der Waals surface area contributed by atoms with Crippen molar-refractivity contribution in [3.63, 3.8) is 0 Å². The van der Waals surface area contributed by atoms with Crippen LogP contribution in [0, 0.1) is 6.92 Å². The number of aromatic nitrogens is 1. The summed E-state index contributed by atoms with van der Waals surface area (Å²) < 4.78 is 0. The van der Waals surface area contributed by atoms with Gasteiger partial charge in [0.05, 0.1) is 0 Å². The number of fused-ring (bicyclic) bond motifs is 1. The van der Waals surface area contributed by atoms with Crippen LogP contribution < -0.4 is 5.43 Å². The van der Waals surface area contributed by atoms with E-state index in [1.807, 2.05) is 37.3 Å². The second-order valence-electron chi connectivity index (χ2n) is 4.60. The van der Waals surface area contributed by atoms with Gasteiger partial charge >= 0.3 is 0 Å². The smallest absolute Gasteiger partial charge is 0.190 e. The molecule has 0 aliphatic rings. The fourth-order valence-corrected chi connectivity index (χ4v) is 2.28. The number of benzene rings is 2. The molecule has 3 heteroatoms. The standard InChI is InChI=1S/C16H12ClNO/c1-10-2-4-11(5-3-10)15-9-16(19)13-8-12(17)6-7-14(13)18-15/h2-9H,1H3,(H,18,19). The van der Waals surface area contributed by atoms with Crippen LogP contribution in [0.5, 0.6) is 0 Å². The molecular formula is C16H12ClNO. The molecule has 0 radical (unpaired) electrons. The number of hydrogen-bond donors (Lipinski definition) is 1. The lowest BCUT2D eigenvalue weighted by molar-refractivity contribution is 1.37. The molecule has 0 bridgehead atoms. The zero-order chi connectivity index (χ0) is 13.4. The van der Waals surface area contributed by atoms with E-state index in [2.05, 4.69) is 4.98 Å². The van der Waals surface area contributed by atoms with Crippen molar-refractivity contribution in [3.8, 4) is 11.3 Å². The van der Waals surface area contributed by atoms with Crippen molar-refractivity contribution >= 4 is 22.5 Å². The number of halogens is 1. The lowest BCUT2D eigenvalue weighted by Gasteiger charge is -2.05. The van der Waals surface area contributed by atoms with Crippen LogP contribution in [-0.4, -0.2) is 4.98 Å². The normalized spacial score (nSPS) is 10.8. The van der Waals surface area contributed by atoms with Crippen LogP contribution in [0.3, 0.4) is 0 Å². The van der Waals surface area contributed by atoms with E-state index in [9.17, 15) is 4.79 Å². The summed E-state index contributed by atoms with van der Waals surface area (Å²) in [6.45, 7) is 2.04. The quantitative estimate of drug-likeness (QED) is 0.707. The van der Waals surface area contributed by atoms with Gasteiger partial charge in [0.15, 0.2) is 5.43 Å². The molecule has 0 aliphatic carbocycles. The van der Waals surface area contributed by atoms with Crippen LogP contribution in [0.2, 0.25) is 5.02 Å². The highest BCUT2D eigenvalue weighted by Gasteiger charge is 2.04. The van der Waals surface area contributed by atoms with Crippen LogP contribution in [0.15, 0.2) is 53.3 Å². The van der Waals surface area contributed by atoms with Crippen molar-refractivity contribution in [3.05, 3.63) is 69.3 Å². The molecule has 19 heavy (non-hydrogen) atoms. The van der Waals surface area contributed by atoms with Crippen LogP contribution in [0.25, 0.3) is 22.2 Å². The average Bonchev–Trinajstić information content (AvgIpc) is 2.40. The third-order valence-corrected chi connectivity index (χ3v) is 3.39. The van der Waals surface area contributed by atoms with Crippen LogP contribution >= 0.6 is 11.6 Å². The molecule has 0 unspecified atom stereocenters. The molecule has 2 nitrogen and oxygen atoms in total. The highest BCUT2D eigenvalue weighted by atomic mass is 35.5. The maximum absolute atomic E-state index is 12.1. The predicted molar refractivity (Wildman–Crippen MR) is 79.8 cm³/mol. The zero-order valence-corrected chi connectivity index (χ0v) is 11.2. The Morgan fingerprint density at radius 3 is 2.47 bits per heavy atom. The van der Waals surface area contributed by atoms with E-state index in [-0.39, 0.29) is 5.43 Å². The molecule has 0 saturated carbocycles. The number of aromatic amines is 1. The monoisotopic (exact) mass is 269 g/mol. The molecule has 0 amide bonds. The molecule has 1 N–H and O–H groups in total. The van der Waals surface area contributed by atoms with E-state index in [0.717, 1.165) is 16.8 Å². The average molecular weight is 270 g/mol. The number of hydrogen-bond acceptors (Lipinski definition) is 1. The molecule has 0 atom stereocenters. The van der Waals surface area contributed by atoms with E-state index in [1.54, 1.807) is 18.2 Å². The van der Waals surface area contributed by atoms with Crippen molar-refractivity contribution < 1.29 is 0 Å². The van der Waals surface area contributed by atoms with Gasteiger partial charge in [0.2, 0.25) is 0 Å². The Labute approximate surface area is 115 Å². The van der Waals surface area contributed by atoms with Crippen molar-refractivity contribution in [2.45, 2.75) is 6.92 Å². The zero-order valence-electron chi connectivity index (χ0n) is 10.4. The molecule has 3 aromatic rings. The van der Waals surface area contributed by atoms with Crippen LogP contribution in [0.4, 0.5) is 0 Å². The number of H-pyrrole nitrogens is 1. The minimum absolute atomic E-state index is 0.0215. The summed E-state index contributed by atoms with van der Waals surface area (Å²) in [5, 5.41) is 1.18. The largest absolute Gasteiger partial charge is 0.354 e. The van der Waals surface area contributed by atoms with Gasteiger partial charge in [-0.3, -0.25) is 4.79 Å². The first-order valence-corrected chi connectivity index (χ1v) is 6.41. The molecule has 3 rings (SSSR count). The Hall–Kier alpha value is -2.06. The number of nitrogens with one attached hydrogen (secondary N) is 1. The first-order chi connectivity index (χ1) is 9.13. The van der Waals surface area contributed by atoms with Crippen LogP contribution in [0.1, 0.15) is 5.56 Å². The third kappa shape index (κ3) is 2.27. The summed E-state index contributed by atoms with van der Waals surface area (Å²) in [5.74, 6) is 0. The van der Waals surface area contributed by atoms with E-state index in [1.165, 1.54) is 5.56 Å². The summed E-state index contributed by atoms with van der Waals surface area (Å²) in [7, 11) is 0. The molecule has 1 heterocycles. The molecule has 1 aromatic heterocycles. The van der Waals surface area contributed by atoms with Gasteiger partial charge in [-0.25, -0.2) is 0 Å². The second kappa shape index (κ2) is 4.56. The SMILES string of the molecule is Cc1ccc(-c2cc(=O)c3cc(Cl)ccc3[nH]2)cc1. The maximum Gasteiger partial charge on any atom is 0.190 e. The Morgan fingerprint density at radius 1 is 1.00 bits per heavy atom. The molecule has 0 saturated heterocycles. The Balaban J connectivity index is 2.24. The van der Waals surface area contributed by atoms with Crippen molar-refractivity contribution in [1.29, 1.82) is 0 Å². The summed E-state index contributed by atoms with van der Waals surface area (Å²) >= 11 is 5.91. The van der Waals surface area contributed by atoms with Gasteiger partial charge in [-0.2, -0.15) is 0 Å². The first-order valence-electron chi connectivity index (χ1n) is 6.03. The van der Waals surface area contributed by atoms with E-state index in [4.69, 9.17) is 11.6 Å². The summed E-state index contributed by atoms with van der Waals surface area (Å²) in [6, 6.07) is 15.0. The molecule has 0 spiro atoms. The second-order valence-corrected chi connectivity index (χ2v) is 5.04. The van der Waals surface area contributed by atoms with E-state index in [0.29, 0.717) is 10.4 Å². The molecule has 0 aliphatic heterocycles. The van der Waals surface area contributed by atoms with Gasteiger partial charge in [0, 0.05) is 27.7 Å². The fourth-order valence-electron chi connectivity index (χ4n) is 2.11. The first kappa shape index (κ1) is 12.0. The molecule has 2 aromatic carbocycles. The third-order valence-electron chi connectivity index (χ3n) is 3.15. The minimum Gasteiger partial charge on any atom is -0.354 e. The van der Waals surface area contributed by atoms with Crippen molar-refractivity contribution in [1.82, 2.24) is 4.98 Å². The topological polar surface area (TPSA) is 32.9 Å². The Morgan fingerprint density at radius 2 is 1.74 bits per heavy atom. The van der Waals surface area contributed by atoms with Gasteiger partial charge in [-0.15, -0.1) is 0 Å². The molecule has 94 valence electrons. The molecule has 0 fully saturated rings. The van der Waals surface area contributed by atoms with Gasteiger partial charge in [-0.1, -0.05) is 41.4 Å². The highest BCUT2D eigenvalue weighted by Crippen LogP contribution is 2.20.